The van der Waals surface area contributed by atoms with Gasteiger partial charge in [0.05, 0.1) is 11.5 Å². The SMILES string of the molecule is C=CCOC(=O)[C@H]1[C@H]2C(=O)N(CCCCCCO)C(C(=O)N(CC=C)c3c(C)cccc3C)C23CC(C)[C@]1(C)O3. The summed E-state index contributed by atoms with van der Waals surface area (Å²) in [5, 5.41) is 9.18. The summed E-state index contributed by atoms with van der Waals surface area (Å²) in [6.45, 7) is 16.2. The molecular formula is C32H44N2O6. The van der Waals surface area contributed by atoms with Crippen LogP contribution in [0.4, 0.5) is 5.69 Å². The zero-order valence-corrected chi connectivity index (χ0v) is 24.4. The Hall–Kier alpha value is -2.97. The molecule has 4 rings (SSSR count). The second-order valence-corrected chi connectivity index (χ2v) is 11.8. The fourth-order valence-corrected chi connectivity index (χ4v) is 7.39. The van der Waals surface area contributed by atoms with Crippen molar-refractivity contribution in [1.29, 1.82) is 0 Å². The van der Waals surface area contributed by atoms with E-state index >= 15 is 0 Å². The number of carbonyl (C=O) groups is 3. The van der Waals surface area contributed by atoms with Crippen LogP contribution in [0.3, 0.4) is 0 Å². The zero-order valence-electron chi connectivity index (χ0n) is 24.4. The Morgan fingerprint density at radius 3 is 2.48 bits per heavy atom. The molecule has 6 atom stereocenters. The minimum atomic E-state index is -1.14. The van der Waals surface area contributed by atoms with Crippen LogP contribution in [-0.2, 0) is 23.9 Å². The predicted octanol–water partition coefficient (Wildman–Crippen LogP) is 4.12. The Kier molecular flexibility index (Phi) is 8.90. The van der Waals surface area contributed by atoms with Crippen molar-refractivity contribution in [2.24, 2.45) is 17.8 Å². The first-order valence-electron chi connectivity index (χ1n) is 14.5. The van der Waals surface area contributed by atoms with Crippen LogP contribution in [0.1, 0.15) is 57.1 Å². The summed E-state index contributed by atoms with van der Waals surface area (Å²) >= 11 is 0. The van der Waals surface area contributed by atoms with Gasteiger partial charge in [-0.25, -0.2) is 0 Å². The normalized spacial score (nSPS) is 30.3. The summed E-state index contributed by atoms with van der Waals surface area (Å²) in [5.74, 6) is -2.61. The van der Waals surface area contributed by atoms with Gasteiger partial charge in [0.2, 0.25) is 5.91 Å². The first-order chi connectivity index (χ1) is 19.1. The lowest BCUT2D eigenvalue weighted by Crippen LogP contribution is -2.57. The van der Waals surface area contributed by atoms with E-state index in [0.717, 1.165) is 29.7 Å². The second-order valence-electron chi connectivity index (χ2n) is 11.8. The molecule has 0 aromatic heterocycles. The van der Waals surface area contributed by atoms with Crippen molar-refractivity contribution < 1.29 is 29.0 Å². The van der Waals surface area contributed by atoms with Gasteiger partial charge in [0.25, 0.3) is 5.91 Å². The molecule has 3 saturated heterocycles. The van der Waals surface area contributed by atoms with Crippen LogP contribution < -0.4 is 4.90 Å². The Morgan fingerprint density at radius 1 is 1.18 bits per heavy atom. The minimum absolute atomic E-state index is 0.0459. The van der Waals surface area contributed by atoms with Crippen molar-refractivity contribution in [2.45, 2.75) is 77.0 Å². The van der Waals surface area contributed by atoms with E-state index in [2.05, 4.69) is 13.2 Å². The van der Waals surface area contributed by atoms with Crippen LogP contribution in [0.25, 0.3) is 0 Å². The van der Waals surface area contributed by atoms with Crippen molar-refractivity contribution in [3.8, 4) is 0 Å². The molecule has 40 heavy (non-hydrogen) atoms. The van der Waals surface area contributed by atoms with Gasteiger partial charge in [0.15, 0.2) is 0 Å². The summed E-state index contributed by atoms with van der Waals surface area (Å²) in [6.07, 6.45) is 6.72. The third-order valence-corrected chi connectivity index (χ3v) is 9.24. The van der Waals surface area contributed by atoms with Crippen molar-refractivity contribution in [1.82, 2.24) is 4.90 Å². The van der Waals surface area contributed by atoms with E-state index in [-0.39, 0.29) is 37.5 Å². The van der Waals surface area contributed by atoms with Crippen LogP contribution in [0, 0.1) is 31.6 Å². The summed E-state index contributed by atoms with van der Waals surface area (Å²) in [7, 11) is 0. The lowest BCUT2D eigenvalue weighted by molar-refractivity contribution is -0.160. The maximum atomic E-state index is 14.8. The first-order valence-corrected chi connectivity index (χ1v) is 14.5. The highest BCUT2D eigenvalue weighted by atomic mass is 16.6. The maximum Gasteiger partial charge on any atom is 0.313 e. The number of anilines is 1. The number of hydrogen-bond donors (Lipinski definition) is 1. The lowest BCUT2D eigenvalue weighted by atomic mass is 9.62. The fraction of sp³-hybridized carbons (Fsp3) is 0.594. The molecule has 2 bridgehead atoms. The van der Waals surface area contributed by atoms with E-state index in [9.17, 15) is 19.5 Å². The number of unbranched alkanes of at least 4 members (excludes halogenated alkanes) is 3. The topological polar surface area (TPSA) is 96.4 Å². The largest absolute Gasteiger partial charge is 0.461 e. The average Bonchev–Trinajstić information content (AvgIpc) is 3.42. The molecule has 0 aliphatic carbocycles. The molecule has 3 aliphatic heterocycles. The zero-order chi connectivity index (χ0) is 29.2. The number of fused-ring (bicyclic) bond motifs is 1. The third-order valence-electron chi connectivity index (χ3n) is 9.24. The van der Waals surface area contributed by atoms with Crippen LogP contribution in [0.15, 0.2) is 43.5 Å². The number of likely N-dealkylation sites (tertiary alicyclic amines) is 1. The van der Waals surface area contributed by atoms with E-state index in [4.69, 9.17) is 9.47 Å². The van der Waals surface area contributed by atoms with Crippen LogP contribution >= 0.6 is 0 Å². The number of aryl methyl sites for hydroxylation is 2. The van der Waals surface area contributed by atoms with E-state index in [1.807, 2.05) is 45.9 Å². The number of nitrogens with zero attached hydrogens (tertiary/aromatic N) is 2. The van der Waals surface area contributed by atoms with Crippen molar-refractivity contribution in [2.75, 3.05) is 31.2 Å². The second kappa shape index (κ2) is 11.9. The van der Waals surface area contributed by atoms with Crippen LogP contribution in [0.2, 0.25) is 0 Å². The van der Waals surface area contributed by atoms with Crippen LogP contribution in [-0.4, -0.2) is 71.3 Å². The van der Waals surface area contributed by atoms with Gasteiger partial charge in [-0.2, -0.15) is 0 Å². The number of esters is 1. The molecule has 3 heterocycles. The number of amides is 2. The molecule has 8 heteroatoms. The molecule has 1 aromatic rings. The van der Waals surface area contributed by atoms with Crippen molar-refractivity contribution in [3.05, 3.63) is 54.6 Å². The standard InChI is InChI=1S/C32H44N2O6/c1-7-16-33(26-21(3)14-13-15-22(26)4)29(37)27-32-20-23(5)31(6,40-32)25(30(38)39-19-8-2)24(32)28(36)34(27)17-11-9-10-12-18-35/h7-8,13-15,23-25,27,35H,1-2,9-12,16-20H2,3-6H3/t23?,24-,25+,27?,31-,32?/m0/s1. The molecule has 1 N–H and O–H groups in total. The smallest absolute Gasteiger partial charge is 0.313 e. The molecule has 2 amide bonds. The van der Waals surface area contributed by atoms with Gasteiger partial charge >= 0.3 is 5.97 Å². The van der Waals surface area contributed by atoms with Crippen molar-refractivity contribution >= 4 is 23.5 Å². The molecule has 0 saturated carbocycles. The van der Waals surface area contributed by atoms with Gasteiger partial charge in [-0.3, -0.25) is 14.4 Å². The van der Waals surface area contributed by atoms with E-state index in [0.29, 0.717) is 25.8 Å². The first kappa shape index (κ1) is 30.0. The summed E-state index contributed by atoms with van der Waals surface area (Å²) in [4.78, 5) is 45.9. The molecule has 0 radical (unpaired) electrons. The fourth-order valence-electron chi connectivity index (χ4n) is 7.39. The number of rotatable bonds is 13. The maximum absolute atomic E-state index is 14.8. The Bertz CT molecular complexity index is 1150. The number of benzene rings is 1. The monoisotopic (exact) mass is 552 g/mol. The van der Waals surface area contributed by atoms with Gasteiger partial charge in [0, 0.05) is 25.4 Å². The van der Waals surface area contributed by atoms with Gasteiger partial charge in [-0.15, -0.1) is 6.58 Å². The average molecular weight is 553 g/mol. The molecule has 8 nitrogen and oxygen atoms in total. The molecule has 1 spiro atoms. The molecule has 3 fully saturated rings. The quantitative estimate of drug-likeness (QED) is 0.225. The highest BCUT2D eigenvalue weighted by Crippen LogP contribution is 2.65. The summed E-state index contributed by atoms with van der Waals surface area (Å²) in [6, 6.07) is 5.01. The molecule has 3 aliphatic rings. The van der Waals surface area contributed by atoms with Gasteiger partial charge < -0.3 is 24.4 Å². The Balaban J connectivity index is 1.79. The number of aliphatic hydroxyl groups excluding tert-OH is 1. The number of aliphatic hydroxyl groups is 1. The lowest BCUT2D eigenvalue weighted by Gasteiger charge is -2.38. The minimum Gasteiger partial charge on any atom is -0.461 e. The Labute approximate surface area is 238 Å². The van der Waals surface area contributed by atoms with E-state index in [1.54, 1.807) is 15.9 Å². The number of carbonyl (C=O) groups excluding carboxylic acids is 3. The van der Waals surface area contributed by atoms with Gasteiger partial charge in [0.1, 0.15) is 24.2 Å². The molecule has 1 aromatic carbocycles. The van der Waals surface area contributed by atoms with E-state index in [1.165, 1.54) is 6.08 Å². The summed E-state index contributed by atoms with van der Waals surface area (Å²) in [5.41, 5.74) is 0.642. The molecular weight excluding hydrogens is 508 g/mol. The highest BCUT2D eigenvalue weighted by Gasteiger charge is 2.80. The van der Waals surface area contributed by atoms with Crippen molar-refractivity contribution in [3.63, 3.8) is 0 Å². The number of ether oxygens (including phenoxy) is 2. The van der Waals surface area contributed by atoms with E-state index < -0.39 is 35.0 Å². The highest BCUT2D eigenvalue weighted by molar-refractivity contribution is 6.05. The molecule has 218 valence electrons. The predicted molar refractivity (Wildman–Crippen MR) is 154 cm³/mol. The molecule has 3 unspecified atom stereocenters. The van der Waals surface area contributed by atoms with Crippen LogP contribution in [0.5, 0.6) is 0 Å². The third kappa shape index (κ3) is 4.79. The van der Waals surface area contributed by atoms with Gasteiger partial charge in [-0.1, -0.05) is 56.7 Å². The summed E-state index contributed by atoms with van der Waals surface area (Å²) < 4.78 is 12.3. The Morgan fingerprint density at radius 2 is 1.85 bits per heavy atom. The number of hydrogen-bond acceptors (Lipinski definition) is 6. The van der Waals surface area contributed by atoms with Gasteiger partial charge in [-0.05, 0) is 57.1 Å². The number of para-hydroxylation sites is 1.